The van der Waals surface area contributed by atoms with E-state index in [4.69, 9.17) is 28.4 Å². The second-order valence-corrected chi connectivity index (χ2v) is 15.2. The van der Waals surface area contributed by atoms with Crippen LogP contribution in [0.2, 0.25) is 0 Å². The number of carbonyl (C=O) groups excluding carboxylic acids is 2. The van der Waals surface area contributed by atoms with Crippen molar-refractivity contribution in [3.05, 3.63) is 121 Å². The van der Waals surface area contributed by atoms with Crippen LogP contribution in [0, 0.1) is 17.8 Å². The van der Waals surface area contributed by atoms with Gasteiger partial charge in [0.15, 0.2) is 0 Å². The molecule has 3 aromatic carbocycles. The van der Waals surface area contributed by atoms with Crippen molar-refractivity contribution in [3.8, 4) is 33.8 Å². The van der Waals surface area contributed by atoms with E-state index in [2.05, 4.69) is 56.6 Å². The van der Waals surface area contributed by atoms with Crippen LogP contribution in [0.3, 0.4) is 0 Å². The number of rotatable bonds is 19. The van der Waals surface area contributed by atoms with E-state index in [1.165, 1.54) is 45.6 Å². The normalized spacial score (nSPS) is 19.4. The smallest absolute Gasteiger partial charge is 0.341 e. The Morgan fingerprint density at radius 3 is 1.59 bits per heavy atom. The third kappa shape index (κ3) is 11.6. The average molecular weight is 763 g/mol. The zero-order valence-electron chi connectivity index (χ0n) is 33.4. The maximum atomic E-state index is 13.0. The predicted molar refractivity (Wildman–Crippen MR) is 221 cm³/mol. The van der Waals surface area contributed by atoms with Gasteiger partial charge in [0, 0.05) is 26.9 Å². The van der Waals surface area contributed by atoms with Crippen LogP contribution in [-0.2, 0) is 28.5 Å². The van der Waals surface area contributed by atoms with Crippen LogP contribution in [0.25, 0.3) is 22.3 Å². The molecule has 0 aliphatic heterocycles. The van der Waals surface area contributed by atoms with Gasteiger partial charge in [0.05, 0.1) is 37.6 Å². The summed E-state index contributed by atoms with van der Waals surface area (Å²) in [5.41, 5.74) is 6.57. The van der Waals surface area contributed by atoms with Crippen molar-refractivity contribution >= 4 is 11.9 Å². The second kappa shape index (κ2) is 21.0. The molecule has 0 bridgehead atoms. The molecule has 0 N–H and O–H groups in total. The molecule has 0 heterocycles. The first-order chi connectivity index (χ1) is 27.1. The molecular weight excluding hydrogens is 705 g/mol. The van der Waals surface area contributed by atoms with Gasteiger partial charge in [-0.05, 0) is 121 Å². The lowest BCUT2D eigenvalue weighted by Crippen LogP contribution is -2.26. The topological polar surface area (TPSA) is 89.5 Å². The molecule has 2 fully saturated rings. The van der Waals surface area contributed by atoms with Crippen LogP contribution in [0.1, 0.15) is 69.3 Å². The van der Waals surface area contributed by atoms with Gasteiger partial charge in [-0.2, -0.15) is 0 Å². The largest absolute Gasteiger partial charge is 0.494 e. The highest BCUT2D eigenvalue weighted by atomic mass is 16.5. The number of benzene rings is 3. The SMILES string of the molecule is C=C(COC)C(=C)OCCC1CCC(C2CCC(c3cc(-c4ccc(-c5ccc(OC(=O)C(=C)COC)cc5)cc4)ccc3OC(=O)C(=C)COC)CC2)CC1. The van der Waals surface area contributed by atoms with Crippen molar-refractivity contribution in [2.45, 2.75) is 63.7 Å². The highest BCUT2D eigenvalue weighted by molar-refractivity contribution is 5.90. The minimum absolute atomic E-state index is 0.120. The van der Waals surface area contributed by atoms with Crippen molar-refractivity contribution in [1.82, 2.24) is 0 Å². The third-order valence-corrected chi connectivity index (χ3v) is 11.3. The van der Waals surface area contributed by atoms with E-state index in [0.717, 1.165) is 64.5 Å². The summed E-state index contributed by atoms with van der Waals surface area (Å²) in [4.78, 5) is 25.2. The minimum Gasteiger partial charge on any atom is -0.494 e. The fraction of sp³-hybridized carbons (Fsp3) is 0.417. The summed E-state index contributed by atoms with van der Waals surface area (Å²) >= 11 is 0. The number of methoxy groups -OCH3 is 3. The molecule has 0 atom stereocenters. The van der Waals surface area contributed by atoms with Crippen molar-refractivity contribution < 1.29 is 38.0 Å². The van der Waals surface area contributed by atoms with Gasteiger partial charge in [-0.15, -0.1) is 0 Å². The molecule has 0 radical (unpaired) electrons. The Kier molecular flexibility index (Phi) is 15.9. The summed E-state index contributed by atoms with van der Waals surface area (Å²) in [5.74, 6) is 3.16. The highest BCUT2D eigenvalue weighted by Gasteiger charge is 2.32. The highest BCUT2D eigenvalue weighted by Crippen LogP contribution is 2.46. The first-order valence-corrected chi connectivity index (χ1v) is 19.7. The molecule has 0 aromatic heterocycles. The molecule has 0 saturated heterocycles. The van der Waals surface area contributed by atoms with E-state index in [9.17, 15) is 9.59 Å². The molecule has 3 aromatic rings. The standard InChI is InChI=1S/C48H58O8/c1-32(29-51-5)35(4)54-27-26-36-8-10-37(11-9-36)39-16-18-42(19-17-39)45-28-43(22-25-46(45)56-48(50)34(3)31-53-7)41-14-12-38(13-15-41)40-20-23-44(24-21-40)55-47(49)33(2)30-52-6/h12-15,20-25,28,36-37,39,42H,1-4,8-11,16-19,26-27,29-31H2,5-7H3. The molecule has 298 valence electrons. The van der Waals surface area contributed by atoms with E-state index >= 15 is 0 Å². The van der Waals surface area contributed by atoms with Gasteiger partial charge in [-0.1, -0.05) is 81.6 Å². The van der Waals surface area contributed by atoms with Gasteiger partial charge in [0.2, 0.25) is 0 Å². The van der Waals surface area contributed by atoms with Crippen LogP contribution in [0.4, 0.5) is 0 Å². The number of carbonyl (C=O) groups is 2. The second-order valence-electron chi connectivity index (χ2n) is 15.2. The summed E-state index contributed by atoms with van der Waals surface area (Å²) in [7, 11) is 4.70. The van der Waals surface area contributed by atoms with E-state index in [-0.39, 0.29) is 30.3 Å². The quantitative estimate of drug-likeness (QED) is 0.0392. The summed E-state index contributed by atoms with van der Waals surface area (Å²) in [6.45, 7) is 16.9. The monoisotopic (exact) mass is 762 g/mol. The summed E-state index contributed by atoms with van der Waals surface area (Å²) in [6, 6.07) is 21.9. The molecule has 0 amide bonds. The van der Waals surface area contributed by atoms with Gasteiger partial charge in [-0.25, -0.2) is 9.59 Å². The van der Waals surface area contributed by atoms with Gasteiger partial charge < -0.3 is 28.4 Å². The van der Waals surface area contributed by atoms with E-state index in [1.807, 2.05) is 24.3 Å². The fourth-order valence-corrected chi connectivity index (χ4v) is 8.08. The lowest BCUT2D eigenvalue weighted by atomic mass is 9.68. The molecule has 5 rings (SSSR count). The Labute approximate surface area is 333 Å². The summed E-state index contributed by atoms with van der Waals surface area (Å²) in [5, 5.41) is 0. The van der Waals surface area contributed by atoms with Crippen LogP contribution in [0.15, 0.2) is 116 Å². The van der Waals surface area contributed by atoms with Gasteiger partial charge in [0.1, 0.15) is 17.3 Å². The number of ether oxygens (including phenoxy) is 6. The summed E-state index contributed by atoms with van der Waals surface area (Å²) < 4.78 is 32.5. The molecule has 8 heteroatoms. The molecule has 0 unspecified atom stereocenters. The lowest BCUT2D eigenvalue weighted by Gasteiger charge is -2.38. The molecular formula is C48H58O8. The van der Waals surface area contributed by atoms with E-state index in [0.29, 0.717) is 36.4 Å². The van der Waals surface area contributed by atoms with Gasteiger partial charge in [-0.3, -0.25) is 0 Å². The molecule has 2 aliphatic carbocycles. The maximum Gasteiger partial charge on any atom is 0.341 e. The number of esters is 2. The first kappa shape index (κ1) is 42.4. The maximum absolute atomic E-state index is 13.0. The molecule has 2 aliphatic rings. The van der Waals surface area contributed by atoms with Crippen LogP contribution in [0.5, 0.6) is 11.5 Å². The number of hydrogen-bond acceptors (Lipinski definition) is 8. The molecule has 56 heavy (non-hydrogen) atoms. The number of hydrogen-bond donors (Lipinski definition) is 0. The Hall–Kier alpha value is -4.76. The Morgan fingerprint density at radius 2 is 1.04 bits per heavy atom. The third-order valence-electron chi connectivity index (χ3n) is 11.3. The van der Waals surface area contributed by atoms with E-state index < -0.39 is 11.9 Å². The van der Waals surface area contributed by atoms with Gasteiger partial charge in [0.25, 0.3) is 0 Å². The Balaban J connectivity index is 1.22. The van der Waals surface area contributed by atoms with Crippen LogP contribution >= 0.6 is 0 Å². The van der Waals surface area contributed by atoms with Gasteiger partial charge >= 0.3 is 11.9 Å². The lowest BCUT2D eigenvalue weighted by molar-refractivity contribution is -0.131. The Bertz CT molecular complexity index is 1820. The molecule has 0 spiro atoms. The molecule has 2 saturated carbocycles. The minimum atomic E-state index is -0.512. The van der Waals surface area contributed by atoms with E-state index in [1.54, 1.807) is 26.4 Å². The Morgan fingerprint density at radius 1 is 0.571 bits per heavy atom. The first-order valence-electron chi connectivity index (χ1n) is 19.7. The van der Waals surface area contributed by atoms with Crippen molar-refractivity contribution in [2.24, 2.45) is 17.8 Å². The van der Waals surface area contributed by atoms with Crippen LogP contribution in [-0.4, -0.2) is 59.7 Å². The fourth-order valence-electron chi connectivity index (χ4n) is 8.08. The summed E-state index contributed by atoms with van der Waals surface area (Å²) in [6.07, 6.45) is 10.6. The predicted octanol–water partition coefficient (Wildman–Crippen LogP) is 10.4. The van der Waals surface area contributed by atoms with Crippen molar-refractivity contribution in [3.63, 3.8) is 0 Å². The molecule has 8 nitrogen and oxygen atoms in total. The van der Waals surface area contributed by atoms with Crippen molar-refractivity contribution in [2.75, 3.05) is 47.8 Å². The zero-order valence-corrected chi connectivity index (χ0v) is 33.4. The average Bonchev–Trinajstić information content (AvgIpc) is 3.22. The zero-order chi connectivity index (χ0) is 40.0. The van der Waals surface area contributed by atoms with Crippen LogP contribution < -0.4 is 9.47 Å². The van der Waals surface area contributed by atoms with Crippen molar-refractivity contribution in [1.29, 1.82) is 0 Å².